The van der Waals surface area contributed by atoms with Gasteiger partial charge in [-0.15, -0.1) is 0 Å². The highest BCUT2D eigenvalue weighted by atomic mass is 35.5. The lowest BCUT2D eigenvalue weighted by Crippen LogP contribution is -2.41. The van der Waals surface area contributed by atoms with Gasteiger partial charge in [0.15, 0.2) is 0 Å². The molecular weight excluding hydrogens is 384 g/mol. The van der Waals surface area contributed by atoms with Crippen molar-refractivity contribution in [1.82, 2.24) is 15.5 Å². The highest BCUT2D eigenvalue weighted by Crippen LogP contribution is 2.28. The molecule has 1 saturated heterocycles. The van der Waals surface area contributed by atoms with Crippen molar-refractivity contribution in [3.63, 3.8) is 0 Å². The molecule has 0 bridgehead atoms. The number of carbonyl (C=O) groups is 3. The van der Waals surface area contributed by atoms with E-state index in [1.807, 2.05) is 13.0 Å². The van der Waals surface area contributed by atoms with Crippen molar-refractivity contribution >= 4 is 35.2 Å². The number of amides is 3. The van der Waals surface area contributed by atoms with E-state index in [0.29, 0.717) is 23.8 Å². The zero-order valence-corrected chi connectivity index (χ0v) is 17.4. The minimum Gasteiger partial charge on any atom is -0.444 e. The molecule has 0 aliphatic carbocycles. The van der Waals surface area contributed by atoms with Crippen LogP contribution in [0.2, 0.25) is 5.02 Å². The van der Waals surface area contributed by atoms with Crippen LogP contribution in [0.5, 0.6) is 0 Å². The average molecular weight is 411 g/mol. The number of alkyl carbamates (subject to hydrolysis) is 1. The number of benzene rings is 1. The van der Waals surface area contributed by atoms with Gasteiger partial charge in [0.2, 0.25) is 11.8 Å². The summed E-state index contributed by atoms with van der Waals surface area (Å²) in [5.74, 6) is -0.335. The molecule has 0 spiro atoms. The summed E-state index contributed by atoms with van der Waals surface area (Å²) in [5.41, 5.74) is 0.962. The normalized spacial score (nSPS) is 14.4. The molecule has 0 aromatic heterocycles. The summed E-state index contributed by atoms with van der Waals surface area (Å²) < 4.78 is 5.12. The summed E-state index contributed by atoms with van der Waals surface area (Å²) in [4.78, 5) is 39.3. The van der Waals surface area contributed by atoms with Crippen LogP contribution in [0.25, 0.3) is 0 Å². The maximum absolute atomic E-state index is 12.4. The fourth-order valence-electron chi connectivity index (χ4n) is 2.69. The van der Waals surface area contributed by atoms with E-state index < -0.39 is 11.7 Å². The molecule has 1 aromatic rings. The maximum Gasteiger partial charge on any atom is 0.407 e. The molecule has 8 nitrogen and oxygen atoms in total. The molecule has 1 aliphatic rings. The predicted molar refractivity (Wildman–Crippen MR) is 107 cm³/mol. The summed E-state index contributed by atoms with van der Waals surface area (Å²) in [7, 11) is 0. The first kappa shape index (κ1) is 22.0. The van der Waals surface area contributed by atoms with Gasteiger partial charge in [-0.25, -0.2) is 4.79 Å². The van der Waals surface area contributed by atoms with E-state index in [1.54, 1.807) is 37.8 Å². The molecule has 1 aliphatic heterocycles. The Balaban J connectivity index is 1.76. The van der Waals surface area contributed by atoms with Gasteiger partial charge in [0, 0.05) is 23.8 Å². The van der Waals surface area contributed by atoms with Crippen molar-refractivity contribution in [2.24, 2.45) is 0 Å². The molecular formula is C19H27ClN4O4. The Morgan fingerprint density at radius 3 is 2.64 bits per heavy atom. The quantitative estimate of drug-likeness (QED) is 0.699. The standard InChI is InChI=1S/C19H27ClN4O4/c1-13-14(20)6-5-7-15(13)24-12-23(11-17(24)26)16(25)10-21-8-9-22-18(27)28-19(2,3)4/h5-7,21H,8-12H2,1-4H3,(H,22,27). The molecule has 28 heavy (non-hydrogen) atoms. The Labute approximate surface area is 170 Å². The molecule has 2 N–H and O–H groups in total. The van der Waals surface area contributed by atoms with E-state index in [1.165, 1.54) is 4.90 Å². The summed E-state index contributed by atoms with van der Waals surface area (Å²) >= 11 is 6.13. The molecule has 1 heterocycles. The van der Waals surface area contributed by atoms with Crippen molar-refractivity contribution in [3.8, 4) is 0 Å². The van der Waals surface area contributed by atoms with Crippen LogP contribution in [-0.4, -0.2) is 61.3 Å². The van der Waals surface area contributed by atoms with Crippen LogP contribution in [0, 0.1) is 6.92 Å². The van der Waals surface area contributed by atoms with E-state index in [-0.39, 0.29) is 31.6 Å². The van der Waals surface area contributed by atoms with E-state index in [9.17, 15) is 14.4 Å². The fraction of sp³-hybridized carbons (Fsp3) is 0.526. The Bertz CT molecular complexity index is 748. The molecule has 3 amide bonds. The molecule has 0 saturated carbocycles. The largest absolute Gasteiger partial charge is 0.444 e. The Morgan fingerprint density at radius 2 is 1.96 bits per heavy atom. The summed E-state index contributed by atoms with van der Waals surface area (Å²) in [5, 5.41) is 6.14. The van der Waals surface area contributed by atoms with Crippen molar-refractivity contribution in [2.45, 2.75) is 33.3 Å². The second-order valence-electron chi connectivity index (χ2n) is 7.54. The third kappa shape index (κ3) is 6.10. The number of rotatable bonds is 6. The van der Waals surface area contributed by atoms with E-state index >= 15 is 0 Å². The van der Waals surface area contributed by atoms with Crippen LogP contribution in [0.1, 0.15) is 26.3 Å². The van der Waals surface area contributed by atoms with Crippen molar-refractivity contribution in [1.29, 1.82) is 0 Å². The van der Waals surface area contributed by atoms with Gasteiger partial charge in [0.1, 0.15) is 18.8 Å². The molecule has 154 valence electrons. The van der Waals surface area contributed by atoms with Crippen LogP contribution >= 0.6 is 11.6 Å². The third-order valence-electron chi connectivity index (χ3n) is 4.07. The van der Waals surface area contributed by atoms with Gasteiger partial charge in [0.25, 0.3) is 0 Å². The third-order valence-corrected chi connectivity index (χ3v) is 4.48. The SMILES string of the molecule is Cc1c(Cl)cccc1N1CN(C(=O)CNCCNC(=O)OC(C)(C)C)CC1=O. The van der Waals surface area contributed by atoms with Gasteiger partial charge in [-0.1, -0.05) is 17.7 Å². The second-order valence-corrected chi connectivity index (χ2v) is 7.95. The molecule has 1 aromatic carbocycles. The molecule has 9 heteroatoms. The molecule has 1 fully saturated rings. The van der Waals surface area contributed by atoms with E-state index in [4.69, 9.17) is 16.3 Å². The summed E-state index contributed by atoms with van der Waals surface area (Å²) in [6.45, 7) is 8.23. The van der Waals surface area contributed by atoms with E-state index in [0.717, 1.165) is 5.56 Å². The average Bonchev–Trinajstić information content (AvgIpc) is 2.97. The minimum absolute atomic E-state index is 0.0304. The van der Waals surface area contributed by atoms with Crippen LogP contribution in [-0.2, 0) is 14.3 Å². The number of hydrogen-bond donors (Lipinski definition) is 2. The summed E-state index contributed by atoms with van der Waals surface area (Å²) in [6.07, 6.45) is -0.502. The zero-order chi connectivity index (χ0) is 20.9. The minimum atomic E-state index is -0.553. The first-order valence-electron chi connectivity index (χ1n) is 9.09. The van der Waals surface area contributed by atoms with Gasteiger partial charge in [-0.2, -0.15) is 0 Å². The number of ether oxygens (including phenoxy) is 1. The number of nitrogens with one attached hydrogen (secondary N) is 2. The van der Waals surface area contributed by atoms with Crippen LogP contribution in [0.15, 0.2) is 18.2 Å². The first-order chi connectivity index (χ1) is 13.1. The highest BCUT2D eigenvalue weighted by Gasteiger charge is 2.32. The lowest BCUT2D eigenvalue weighted by Gasteiger charge is -2.21. The smallest absolute Gasteiger partial charge is 0.407 e. The first-order valence-corrected chi connectivity index (χ1v) is 9.47. The Hall–Kier alpha value is -2.32. The number of halogens is 1. The topological polar surface area (TPSA) is 91.0 Å². The molecule has 0 unspecified atom stereocenters. The van der Waals surface area contributed by atoms with E-state index in [2.05, 4.69) is 10.6 Å². The molecule has 0 atom stereocenters. The van der Waals surface area contributed by atoms with Gasteiger partial charge < -0.3 is 20.3 Å². The van der Waals surface area contributed by atoms with Crippen molar-refractivity contribution < 1.29 is 19.1 Å². The van der Waals surface area contributed by atoms with Crippen LogP contribution in [0.3, 0.4) is 0 Å². The van der Waals surface area contributed by atoms with Gasteiger partial charge in [-0.05, 0) is 45.4 Å². The lowest BCUT2D eigenvalue weighted by molar-refractivity contribution is -0.130. The predicted octanol–water partition coefficient (Wildman–Crippen LogP) is 1.90. The Morgan fingerprint density at radius 1 is 1.25 bits per heavy atom. The monoisotopic (exact) mass is 410 g/mol. The van der Waals surface area contributed by atoms with Crippen LogP contribution in [0.4, 0.5) is 10.5 Å². The highest BCUT2D eigenvalue weighted by molar-refractivity contribution is 6.31. The van der Waals surface area contributed by atoms with Crippen LogP contribution < -0.4 is 15.5 Å². The second kappa shape index (κ2) is 9.25. The molecule has 2 rings (SSSR count). The van der Waals surface area contributed by atoms with Crippen molar-refractivity contribution in [3.05, 3.63) is 28.8 Å². The van der Waals surface area contributed by atoms with Gasteiger partial charge in [-0.3, -0.25) is 14.5 Å². The lowest BCUT2D eigenvalue weighted by atomic mass is 10.2. The van der Waals surface area contributed by atoms with Gasteiger partial charge >= 0.3 is 6.09 Å². The molecule has 0 radical (unpaired) electrons. The zero-order valence-electron chi connectivity index (χ0n) is 16.7. The number of anilines is 1. The fourth-order valence-corrected chi connectivity index (χ4v) is 2.86. The number of carbonyl (C=O) groups excluding carboxylic acids is 3. The van der Waals surface area contributed by atoms with Gasteiger partial charge in [0.05, 0.1) is 6.54 Å². The number of hydrogen-bond acceptors (Lipinski definition) is 5. The number of nitrogens with zero attached hydrogens (tertiary/aromatic N) is 2. The maximum atomic E-state index is 12.4. The summed E-state index contributed by atoms with van der Waals surface area (Å²) in [6, 6.07) is 5.36. The Kier molecular flexibility index (Phi) is 7.26. The van der Waals surface area contributed by atoms with Crippen molar-refractivity contribution in [2.75, 3.05) is 37.7 Å².